The fraction of sp³-hybridized carbons (Fsp3) is 0. The van der Waals surface area contributed by atoms with Crippen molar-refractivity contribution in [3.8, 4) is 33.4 Å². The summed E-state index contributed by atoms with van der Waals surface area (Å²) in [6.07, 6.45) is 0. The first kappa shape index (κ1) is 21.4. The quantitative estimate of drug-likeness (QED) is 0.136. The highest BCUT2D eigenvalue weighted by molar-refractivity contribution is 6.22. The van der Waals surface area contributed by atoms with Crippen LogP contribution >= 0.6 is 0 Å². The van der Waals surface area contributed by atoms with Gasteiger partial charge in [-0.1, -0.05) is 151 Å². The maximum atomic E-state index is 9.39. The van der Waals surface area contributed by atoms with Crippen LogP contribution in [0, 0.1) is 0 Å². The van der Waals surface area contributed by atoms with Gasteiger partial charge in [0.05, 0.1) is 11.0 Å². The lowest BCUT2D eigenvalue weighted by molar-refractivity contribution is 0.669. The molecule has 11 rings (SSSR count). The Morgan fingerprint density at radius 3 is 1.57 bits per heavy atom. The van der Waals surface area contributed by atoms with Gasteiger partial charge in [-0.25, -0.2) is 0 Å². The minimum Gasteiger partial charge on any atom is -0.456 e. The molecule has 0 bridgehead atoms. The highest BCUT2D eigenvalue weighted by Gasteiger charge is 2.18. The Bertz CT molecular complexity index is 3560. The molecule has 0 amide bonds. The molecule has 11 aromatic rings. The van der Waals surface area contributed by atoms with E-state index in [0.29, 0.717) is 33.4 Å². The molecular weight excluding hydrogens is 617 g/mol. The van der Waals surface area contributed by atoms with Crippen LogP contribution in [-0.4, -0.2) is 0 Å². The van der Waals surface area contributed by atoms with Gasteiger partial charge in [0.2, 0.25) is 0 Å². The molecule has 0 radical (unpaired) electrons. The van der Waals surface area contributed by atoms with Crippen molar-refractivity contribution in [2.45, 2.75) is 0 Å². The fourth-order valence-corrected chi connectivity index (χ4v) is 7.84. The number of rotatable bonds is 3. The average molecular weight is 655 g/mol. The van der Waals surface area contributed by atoms with E-state index < -0.39 is 24.2 Å². The molecule has 51 heavy (non-hydrogen) atoms. The normalized spacial score (nSPS) is 14.1. The van der Waals surface area contributed by atoms with Gasteiger partial charge in [0.15, 0.2) is 0 Å². The second-order valence-corrected chi connectivity index (χ2v) is 13.1. The van der Waals surface area contributed by atoms with Gasteiger partial charge >= 0.3 is 0 Å². The van der Waals surface area contributed by atoms with E-state index in [-0.39, 0.29) is 45.7 Å². The molecule has 10 aromatic carbocycles. The molecule has 0 unspecified atom stereocenters. The van der Waals surface area contributed by atoms with Crippen LogP contribution in [0.4, 0.5) is 0 Å². The van der Waals surface area contributed by atoms with E-state index in [1.165, 1.54) is 10.8 Å². The van der Waals surface area contributed by atoms with Crippen LogP contribution in [0.1, 0.15) is 11.0 Å². The smallest absolute Gasteiger partial charge is 0.136 e. The van der Waals surface area contributed by atoms with Crippen LogP contribution in [0.2, 0.25) is 0 Å². The van der Waals surface area contributed by atoms with Gasteiger partial charge in [0, 0.05) is 10.8 Å². The first-order valence-corrected chi connectivity index (χ1v) is 16.9. The molecule has 1 nitrogen and oxygen atoms in total. The predicted octanol–water partition coefficient (Wildman–Crippen LogP) is 14.4. The van der Waals surface area contributed by atoms with Crippen molar-refractivity contribution >= 4 is 75.8 Å². The molecule has 0 saturated carbocycles. The van der Waals surface area contributed by atoms with Crippen LogP contribution in [0.25, 0.3) is 109 Å². The molecule has 0 saturated heterocycles. The number of hydrogen-bond acceptors (Lipinski definition) is 1. The van der Waals surface area contributed by atoms with Crippen molar-refractivity contribution in [1.82, 2.24) is 0 Å². The highest BCUT2D eigenvalue weighted by Crippen LogP contribution is 2.45. The molecule has 0 N–H and O–H groups in total. The van der Waals surface area contributed by atoms with Gasteiger partial charge < -0.3 is 4.42 Å². The molecule has 0 aliphatic carbocycles. The van der Waals surface area contributed by atoms with Crippen LogP contribution < -0.4 is 0 Å². The lowest BCUT2D eigenvalue weighted by Gasteiger charge is -2.18. The van der Waals surface area contributed by atoms with Crippen LogP contribution in [0.5, 0.6) is 0 Å². The van der Waals surface area contributed by atoms with E-state index >= 15 is 0 Å². The number of fused-ring (bicyclic) bond motifs is 9. The molecule has 0 atom stereocenters. The first-order chi connectivity index (χ1) is 28.6. The second-order valence-electron chi connectivity index (χ2n) is 13.1. The largest absolute Gasteiger partial charge is 0.456 e. The summed E-state index contributed by atoms with van der Waals surface area (Å²) in [6, 6.07) is 41.1. The summed E-state index contributed by atoms with van der Waals surface area (Å²) < 4.78 is 79.1. The molecule has 1 heteroatoms. The summed E-state index contributed by atoms with van der Waals surface area (Å²) >= 11 is 0. The van der Waals surface area contributed by atoms with Crippen molar-refractivity contribution in [1.29, 1.82) is 0 Å². The molecule has 1 aromatic heterocycles. The van der Waals surface area contributed by atoms with Crippen molar-refractivity contribution in [2.75, 3.05) is 0 Å². The summed E-state index contributed by atoms with van der Waals surface area (Å²) in [4.78, 5) is 0. The SMILES string of the molecule is [2H]c1c([2H])c([2H])c2c(-c3ccc4oc5cc6ccccc6cc5c4c3)c3c([2H])c([2H])c([2H])c([2H])c3c(-c3ccc(-c4ccc5c(ccc6ccccc65)c4)cc3)c2c1[2H]. The average Bonchev–Trinajstić information content (AvgIpc) is 3.63. The maximum absolute atomic E-state index is 9.39. The van der Waals surface area contributed by atoms with Gasteiger partial charge in [-0.3, -0.25) is 0 Å². The second kappa shape index (κ2) is 10.9. The van der Waals surface area contributed by atoms with Gasteiger partial charge in [0.25, 0.3) is 0 Å². The first-order valence-electron chi connectivity index (χ1n) is 20.9. The van der Waals surface area contributed by atoms with Crippen LogP contribution in [0.3, 0.4) is 0 Å². The number of furan rings is 1. The minimum atomic E-state index is -0.435. The van der Waals surface area contributed by atoms with Crippen molar-refractivity contribution in [2.24, 2.45) is 0 Å². The third kappa shape index (κ3) is 4.35. The van der Waals surface area contributed by atoms with Crippen molar-refractivity contribution in [3.63, 3.8) is 0 Å². The van der Waals surface area contributed by atoms with Gasteiger partial charge in [-0.15, -0.1) is 0 Å². The molecule has 0 aliphatic rings. The summed E-state index contributed by atoms with van der Waals surface area (Å²) in [5.41, 5.74) is 4.92. The molecule has 0 spiro atoms. The zero-order valence-electron chi connectivity index (χ0n) is 35.1. The third-order valence-corrected chi connectivity index (χ3v) is 10.3. The van der Waals surface area contributed by atoms with Gasteiger partial charge in [-0.05, 0) is 118 Å². The van der Waals surface area contributed by atoms with E-state index in [1.807, 2.05) is 78.9 Å². The predicted molar refractivity (Wildman–Crippen MR) is 218 cm³/mol. The molecule has 0 aliphatic heterocycles. The standard InChI is InChI=1S/C50H30O/c1-2-11-35-30-48-46(28-34(35)10-1)45-29-38(24-26-47(45)51-48)50-43-15-7-5-13-41(43)49(42-14-6-8-16-44(42)50)33-20-17-31(18-21-33)36-23-25-40-37(27-36)22-19-32-9-3-4-12-39(32)40/h1-30H/i5D,6D,7D,8D,13D,14D,15D,16D. The summed E-state index contributed by atoms with van der Waals surface area (Å²) in [6.45, 7) is 0. The molecule has 236 valence electrons. The summed E-state index contributed by atoms with van der Waals surface area (Å²) in [5.74, 6) is 0. The van der Waals surface area contributed by atoms with Crippen LogP contribution in [-0.2, 0) is 0 Å². The summed E-state index contributed by atoms with van der Waals surface area (Å²) in [7, 11) is 0. The van der Waals surface area contributed by atoms with Gasteiger partial charge in [-0.2, -0.15) is 0 Å². The molecule has 0 fully saturated rings. The van der Waals surface area contributed by atoms with E-state index in [2.05, 4.69) is 48.5 Å². The number of hydrogen-bond donors (Lipinski definition) is 0. The third-order valence-electron chi connectivity index (χ3n) is 10.3. The molecule has 1 heterocycles. The maximum Gasteiger partial charge on any atom is 0.136 e. The van der Waals surface area contributed by atoms with Crippen molar-refractivity contribution < 1.29 is 15.4 Å². The van der Waals surface area contributed by atoms with E-state index in [1.54, 1.807) is 6.07 Å². The zero-order chi connectivity index (χ0) is 40.4. The Hall–Kier alpha value is -6.70. The topological polar surface area (TPSA) is 13.1 Å². The lowest BCUT2D eigenvalue weighted by Crippen LogP contribution is -1.91. The molecular formula is C50H30O. The van der Waals surface area contributed by atoms with E-state index in [4.69, 9.17) is 9.90 Å². The minimum absolute atomic E-state index is 0.173. The Morgan fingerprint density at radius 1 is 0.314 bits per heavy atom. The summed E-state index contributed by atoms with van der Waals surface area (Å²) in [5, 5.41) is 8.97. The van der Waals surface area contributed by atoms with E-state index in [9.17, 15) is 5.48 Å². The monoisotopic (exact) mass is 654 g/mol. The zero-order valence-corrected chi connectivity index (χ0v) is 27.1. The van der Waals surface area contributed by atoms with Gasteiger partial charge in [0.1, 0.15) is 11.2 Å². The van der Waals surface area contributed by atoms with E-state index in [0.717, 1.165) is 43.4 Å². The Kier molecular flexibility index (Phi) is 4.57. The Labute approximate surface area is 305 Å². The van der Waals surface area contributed by atoms with Crippen molar-refractivity contribution in [3.05, 3.63) is 182 Å². The highest BCUT2D eigenvalue weighted by atomic mass is 16.3. The lowest BCUT2D eigenvalue weighted by atomic mass is 9.85. The fourth-order valence-electron chi connectivity index (χ4n) is 7.84. The Balaban J connectivity index is 1.20. The number of benzene rings is 10. The Morgan fingerprint density at radius 2 is 0.843 bits per heavy atom. The van der Waals surface area contributed by atoms with Crippen LogP contribution in [0.15, 0.2) is 186 Å².